The van der Waals surface area contributed by atoms with Crippen LogP contribution in [0.25, 0.3) is 0 Å². The average Bonchev–Trinajstić information content (AvgIpc) is 2.72. The molecule has 0 aliphatic heterocycles. The van der Waals surface area contributed by atoms with Gasteiger partial charge in [0.05, 0.1) is 6.61 Å². The van der Waals surface area contributed by atoms with Crippen molar-refractivity contribution in [2.75, 3.05) is 6.61 Å². The SMILES string of the molecule is CC/C=C\C/C=C\C/C=C\CCCCCCCC(=O)OCCCCCCCCC. The fourth-order valence-electron chi connectivity index (χ4n) is 3.21. The number of carbonyl (C=O) groups is 1. The van der Waals surface area contributed by atoms with Gasteiger partial charge in [-0.1, -0.05) is 108 Å². The lowest BCUT2D eigenvalue weighted by Gasteiger charge is -2.05. The van der Waals surface area contributed by atoms with Crippen LogP contribution in [0.3, 0.4) is 0 Å². The molecular weight excluding hydrogens is 356 g/mol. The van der Waals surface area contributed by atoms with Crippen molar-refractivity contribution in [1.82, 2.24) is 0 Å². The van der Waals surface area contributed by atoms with E-state index in [1.807, 2.05) is 0 Å². The Morgan fingerprint density at radius 3 is 1.86 bits per heavy atom. The number of rotatable bonds is 21. The van der Waals surface area contributed by atoms with Crippen LogP contribution in [0.1, 0.15) is 123 Å². The first-order valence-corrected chi connectivity index (χ1v) is 12.4. The molecule has 0 radical (unpaired) electrons. The summed E-state index contributed by atoms with van der Waals surface area (Å²) in [4.78, 5) is 11.7. The topological polar surface area (TPSA) is 26.3 Å². The van der Waals surface area contributed by atoms with E-state index in [4.69, 9.17) is 4.74 Å². The normalized spacial score (nSPS) is 11.9. The molecule has 0 aliphatic carbocycles. The second-order valence-electron chi connectivity index (χ2n) is 7.94. The Morgan fingerprint density at radius 2 is 1.17 bits per heavy atom. The highest BCUT2D eigenvalue weighted by Crippen LogP contribution is 2.10. The average molecular weight is 405 g/mol. The Bertz CT molecular complexity index is 420. The minimum Gasteiger partial charge on any atom is -0.466 e. The van der Waals surface area contributed by atoms with Crippen LogP contribution in [-0.2, 0) is 9.53 Å². The van der Waals surface area contributed by atoms with Crippen molar-refractivity contribution in [2.45, 2.75) is 123 Å². The lowest BCUT2D eigenvalue weighted by atomic mass is 10.1. The molecular formula is C27H48O2. The predicted molar refractivity (Wildman–Crippen MR) is 128 cm³/mol. The third-order valence-electron chi connectivity index (χ3n) is 5.04. The van der Waals surface area contributed by atoms with E-state index in [1.165, 1.54) is 64.2 Å². The van der Waals surface area contributed by atoms with Gasteiger partial charge in [-0.3, -0.25) is 4.79 Å². The number of hydrogen-bond donors (Lipinski definition) is 0. The van der Waals surface area contributed by atoms with Gasteiger partial charge in [-0.05, 0) is 44.9 Å². The molecule has 0 rings (SSSR count). The van der Waals surface area contributed by atoms with E-state index >= 15 is 0 Å². The summed E-state index contributed by atoms with van der Waals surface area (Å²) in [6.07, 6.45) is 33.1. The first kappa shape index (κ1) is 27.7. The van der Waals surface area contributed by atoms with E-state index < -0.39 is 0 Å². The Morgan fingerprint density at radius 1 is 0.621 bits per heavy atom. The van der Waals surface area contributed by atoms with Crippen LogP contribution < -0.4 is 0 Å². The molecule has 0 N–H and O–H groups in total. The summed E-state index contributed by atoms with van der Waals surface area (Å²) in [5.74, 6) is -0.00263. The van der Waals surface area contributed by atoms with Crippen LogP contribution in [0.4, 0.5) is 0 Å². The summed E-state index contributed by atoms with van der Waals surface area (Å²) in [6.45, 7) is 5.02. The second kappa shape index (κ2) is 24.7. The van der Waals surface area contributed by atoms with Crippen LogP contribution in [0.5, 0.6) is 0 Å². The van der Waals surface area contributed by atoms with E-state index in [1.54, 1.807) is 0 Å². The first-order valence-electron chi connectivity index (χ1n) is 12.4. The highest BCUT2D eigenvalue weighted by Gasteiger charge is 2.02. The standard InChI is InChI=1S/C27H48O2/c1-3-5-7-9-11-12-13-14-15-16-17-18-19-21-23-25-27(28)29-26-24-22-20-10-8-6-4-2/h5,7,11-12,14-15H,3-4,6,8-10,13,16-26H2,1-2H3/b7-5-,12-11-,15-14-. The minimum absolute atomic E-state index is 0.00263. The highest BCUT2D eigenvalue weighted by atomic mass is 16.5. The van der Waals surface area contributed by atoms with Gasteiger partial charge >= 0.3 is 5.97 Å². The molecule has 0 heterocycles. The smallest absolute Gasteiger partial charge is 0.305 e. The maximum atomic E-state index is 11.7. The van der Waals surface area contributed by atoms with Crippen molar-refractivity contribution in [3.05, 3.63) is 36.5 Å². The van der Waals surface area contributed by atoms with Gasteiger partial charge in [0.2, 0.25) is 0 Å². The molecule has 0 aliphatic rings. The van der Waals surface area contributed by atoms with Crippen molar-refractivity contribution >= 4 is 5.97 Å². The molecule has 0 aromatic rings. The first-order chi connectivity index (χ1) is 14.3. The molecule has 0 atom stereocenters. The molecule has 0 aromatic carbocycles. The lowest BCUT2D eigenvalue weighted by molar-refractivity contribution is -0.143. The van der Waals surface area contributed by atoms with Crippen LogP contribution in [0, 0.1) is 0 Å². The Labute approximate surface area is 181 Å². The van der Waals surface area contributed by atoms with Crippen LogP contribution in [0.2, 0.25) is 0 Å². The van der Waals surface area contributed by atoms with Crippen LogP contribution in [-0.4, -0.2) is 12.6 Å². The molecule has 0 spiro atoms. The van der Waals surface area contributed by atoms with Gasteiger partial charge in [-0.2, -0.15) is 0 Å². The molecule has 2 nitrogen and oxygen atoms in total. The minimum atomic E-state index is -0.00263. The summed E-state index contributed by atoms with van der Waals surface area (Å²) in [5.41, 5.74) is 0. The Balaban J connectivity index is 3.28. The number of unbranched alkanes of at least 4 members (excludes halogenated alkanes) is 11. The maximum Gasteiger partial charge on any atom is 0.305 e. The van der Waals surface area contributed by atoms with Gasteiger partial charge in [0.1, 0.15) is 0 Å². The summed E-state index contributed by atoms with van der Waals surface area (Å²) in [6, 6.07) is 0. The highest BCUT2D eigenvalue weighted by molar-refractivity contribution is 5.69. The fourth-order valence-corrected chi connectivity index (χ4v) is 3.21. The van der Waals surface area contributed by atoms with Gasteiger partial charge < -0.3 is 4.74 Å². The molecule has 0 saturated carbocycles. The maximum absolute atomic E-state index is 11.7. The molecule has 0 fully saturated rings. The molecule has 168 valence electrons. The number of esters is 1. The third-order valence-corrected chi connectivity index (χ3v) is 5.04. The van der Waals surface area contributed by atoms with E-state index in [0.717, 1.165) is 38.5 Å². The third kappa shape index (κ3) is 24.7. The number of carbonyl (C=O) groups excluding carboxylic acids is 1. The fraction of sp³-hybridized carbons (Fsp3) is 0.741. The van der Waals surface area contributed by atoms with Crippen LogP contribution >= 0.6 is 0 Å². The van der Waals surface area contributed by atoms with Gasteiger partial charge in [0.15, 0.2) is 0 Å². The summed E-state index contributed by atoms with van der Waals surface area (Å²) in [7, 11) is 0. The van der Waals surface area contributed by atoms with E-state index in [-0.39, 0.29) is 5.97 Å². The van der Waals surface area contributed by atoms with Gasteiger partial charge in [0.25, 0.3) is 0 Å². The largest absolute Gasteiger partial charge is 0.466 e. The van der Waals surface area contributed by atoms with Crippen molar-refractivity contribution in [3.8, 4) is 0 Å². The zero-order valence-electron chi connectivity index (χ0n) is 19.5. The quantitative estimate of drug-likeness (QED) is 0.108. The monoisotopic (exact) mass is 404 g/mol. The molecule has 0 unspecified atom stereocenters. The number of allylic oxidation sites excluding steroid dienone is 6. The second-order valence-corrected chi connectivity index (χ2v) is 7.94. The Hall–Kier alpha value is -1.31. The summed E-state index contributed by atoms with van der Waals surface area (Å²) >= 11 is 0. The number of hydrogen-bond acceptors (Lipinski definition) is 2. The van der Waals surface area contributed by atoms with Crippen molar-refractivity contribution in [1.29, 1.82) is 0 Å². The molecule has 0 amide bonds. The molecule has 29 heavy (non-hydrogen) atoms. The van der Waals surface area contributed by atoms with E-state index in [2.05, 4.69) is 50.3 Å². The van der Waals surface area contributed by atoms with E-state index in [0.29, 0.717) is 13.0 Å². The van der Waals surface area contributed by atoms with Gasteiger partial charge in [-0.15, -0.1) is 0 Å². The Kier molecular flexibility index (Phi) is 23.6. The molecule has 0 aromatic heterocycles. The molecule has 0 bridgehead atoms. The lowest BCUT2D eigenvalue weighted by Crippen LogP contribution is -2.05. The zero-order valence-corrected chi connectivity index (χ0v) is 19.5. The molecule has 0 saturated heterocycles. The zero-order chi connectivity index (χ0) is 21.3. The van der Waals surface area contributed by atoms with Gasteiger partial charge in [0, 0.05) is 6.42 Å². The summed E-state index contributed by atoms with van der Waals surface area (Å²) in [5, 5.41) is 0. The number of ether oxygens (including phenoxy) is 1. The van der Waals surface area contributed by atoms with Crippen LogP contribution in [0.15, 0.2) is 36.5 Å². The predicted octanol–water partition coefficient (Wildman–Crippen LogP) is 8.87. The molecule has 2 heteroatoms. The van der Waals surface area contributed by atoms with Crippen molar-refractivity contribution in [2.24, 2.45) is 0 Å². The van der Waals surface area contributed by atoms with Crippen molar-refractivity contribution < 1.29 is 9.53 Å². The van der Waals surface area contributed by atoms with Gasteiger partial charge in [-0.25, -0.2) is 0 Å². The van der Waals surface area contributed by atoms with E-state index in [9.17, 15) is 4.79 Å². The van der Waals surface area contributed by atoms with Crippen molar-refractivity contribution in [3.63, 3.8) is 0 Å². The summed E-state index contributed by atoms with van der Waals surface area (Å²) < 4.78 is 5.33.